The van der Waals surface area contributed by atoms with Gasteiger partial charge in [0.25, 0.3) is 0 Å². The SMILES string of the molecule is NCCCCCCNC(=O)C1CCCOC1. The standard InChI is InChI=1S/C12H24N2O2/c13-7-3-1-2-4-8-14-12(15)11-6-5-9-16-10-11/h11H,1-10,13H2,(H,14,15). The van der Waals surface area contributed by atoms with Gasteiger partial charge in [-0.15, -0.1) is 0 Å². The zero-order valence-corrected chi connectivity index (χ0v) is 10.0. The van der Waals surface area contributed by atoms with Crippen LogP contribution in [0.5, 0.6) is 0 Å². The Bertz CT molecular complexity index is 191. The summed E-state index contributed by atoms with van der Waals surface area (Å²) in [5.74, 6) is 0.247. The smallest absolute Gasteiger partial charge is 0.225 e. The van der Waals surface area contributed by atoms with Gasteiger partial charge in [-0.3, -0.25) is 4.79 Å². The summed E-state index contributed by atoms with van der Waals surface area (Å²) in [5.41, 5.74) is 5.41. The summed E-state index contributed by atoms with van der Waals surface area (Å²) >= 11 is 0. The lowest BCUT2D eigenvalue weighted by molar-refractivity contribution is -0.128. The molecule has 1 aliphatic rings. The Morgan fingerprint density at radius 1 is 1.31 bits per heavy atom. The van der Waals surface area contributed by atoms with Crippen molar-refractivity contribution >= 4 is 5.91 Å². The first-order chi connectivity index (χ1) is 7.84. The van der Waals surface area contributed by atoms with Gasteiger partial charge in [0.05, 0.1) is 12.5 Å². The summed E-state index contributed by atoms with van der Waals surface area (Å²) in [4.78, 5) is 11.7. The van der Waals surface area contributed by atoms with Gasteiger partial charge in [0.15, 0.2) is 0 Å². The maximum Gasteiger partial charge on any atom is 0.225 e. The highest BCUT2D eigenvalue weighted by molar-refractivity contribution is 5.78. The van der Waals surface area contributed by atoms with Crippen molar-refractivity contribution in [2.75, 3.05) is 26.3 Å². The number of hydrogen-bond donors (Lipinski definition) is 2. The number of rotatable bonds is 7. The number of unbranched alkanes of at least 4 members (excludes halogenated alkanes) is 3. The average Bonchev–Trinajstić information content (AvgIpc) is 2.34. The Hall–Kier alpha value is -0.610. The Balaban J connectivity index is 1.97. The second-order valence-electron chi connectivity index (χ2n) is 4.41. The van der Waals surface area contributed by atoms with Crippen molar-refractivity contribution in [2.45, 2.75) is 38.5 Å². The molecule has 1 rings (SSSR count). The molecule has 1 saturated heterocycles. The third-order valence-electron chi connectivity index (χ3n) is 2.96. The number of nitrogens with two attached hydrogens (primary N) is 1. The molecule has 16 heavy (non-hydrogen) atoms. The van der Waals surface area contributed by atoms with Gasteiger partial charge in [-0.2, -0.15) is 0 Å². The minimum atomic E-state index is 0.0813. The molecule has 94 valence electrons. The molecular formula is C12H24N2O2. The predicted octanol–water partition coefficient (Wildman–Crippen LogP) is 1.05. The Morgan fingerprint density at radius 2 is 2.12 bits per heavy atom. The summed E-state index contributed by atoms with van der Waals surface area (Å²) < 4.78 is 5.29. The fourth-order valence-electron chi connectivity index (χ4n) is 1.93. The van der Waals surface area contributed by atoms with Crippen LogP contribution in [0.1, 0.15) is 38.5 Å². The van der Waals surface area contributed by atoms with Gasteiger partial charge in [0.1, 0.15) is 0 Å². The number of amides is 1. The second-order valence-corrected chi connectivity index (χ2v) is 4.41. The van der Waals surface area contributed by atoms with Crippen LogP contribution < -0.4 is 11.1 Å². The van der Waals surface area contributed by atoms with Crippen LogP contribution >= 0.6 is 0 Å². The van der Waals surface area contributed by atoms with E-state index in [0.29, 0.717) is 6.61 Å². The lowest BCUT2D eigenvalue weighted by Crippen LogP contribution is -2.36. The molecule has 0 spiro atoms. The van der Waals surface area contributed by atoms with Gasteiger partial charge in [0, 0.05) is 13.2 Å². The maximum absolute atomic E-state index is 11.7. The quantitative estimate of drug-likeness (QED) is 0.640. The molecule has 0 radical (unpaired) electrons. The first kappa shape index (κ1) is 13.5. The number of hydrogen-bond acceptors (Lipinski definition) is 3. The molecule has 1 heterocycles. The highest BCUT2D eigenvalue weighted by atomic mass is 16.5. The largest absolute Gasteiger partial charge is 0.381 e. The predicted molar refractivity (Wildman–Crippen MR) is 64.1 cm³/mol. The molecule has 0 saturated carbocycles. The molecule has 0 aromatic carbocycles. The van der Waals surface area contributed by atoms with Crippen LogP contribution in [0.15, 0.2) is 0 Å². The highest BCUT2D eigenvalue weighted by Gasteiger charge is 2.20. The third-order valence-corrected chi connectivity index (χ3v) is 2.96. The minimum Gasteiger partial charge on any atom is -0.381 e. The van der Waals surface area contributed by atoms with Gasteiger partial charge in [-0.05, 0) is 32.2 Å². The molecule has 4 heteroatoms. The molecule has 4 nitrogen and oxygen atoms in total. The normalized spacial score (nSPS) is 20.7. The van der Waals surface area contributed by atoms with Crippen molar-refractivity contribution in [1.82, 2.24) is 5.32 Å². The van der Waals surface area contributed by atoms with Gasteiger partial charge in [-0.1, -0.05) is 12.8 Å². The third kappa shape index (κ3) is 5.47. The van der Waals surface area contributed by atoms with E-state index in [9.17, 15) is 4.79 Å². The lowest BCUT2D eigenvalue weighted by atomic mass is 10.0. The van der Waals surface area contributed by atoms with Crippen LogP contribution in [0.2, 0.25) is 0 Å². The van der Waals surface area contributed by atoms with Crippen LogP contribution in [-0.4, -0.2) is 32.2 Å². The lowest BCUT2D eigenvalue weighted by Gasteiger charge is -2.21. The summed E-state index contributed by atoms with van der Waals surface area (Å²) in [6.07, 6.45) is 6.44. The fourth-order valence-corrected chi connectivity index (χ4v) is 1.93. The summed E-state index contributed by atoms with van der Waals surface area (Å²) in [5, 5.41) is 2.98. The zero-order chi connectivity index (χ0) is 11.6. The number of nitrogens with one attached hydrogen (secondary N) is 1. The first-order valence-electron chi connectivity index (χ1n) is 6.40. The van der Waals surface area contributed by atoms with Crippen LogP contribution in [0.3, 0.4) is 0 Å². The zero-order valence-electron chi connectivity index (χ0n) is 10.0. The summed E-state index contributed by atoms with van der Waals surface area (Å²) in [6.45, 7) is 2.97. The van der Waals surface area contributed by atoms with E-state index in [0.717, 1.165) is 51.8 Å². The molecule has 3 N–H and O–H groups in total. The van der Waals surface area contributed by atoms with E-state index in [1.807, 2.05) is 0 Å². The Kier molecular flexibility index (Phi) is 7.17. The molecule has 0 aromatic rings. The molecular weight excluding hydrogens is 204 g/mol. The number of carbonyl (C=O) groups is 1. The van der Waals surface area contributed by atoms with E-state index in [1.54, 1.807) is 0 Å². The fraction of sp³-hybridized carbons (Fsp3) is 0.917. The number of ether oxygens (including phenoxy) is 1. The molecule has 1 aliphatic heterocycles. The molecule has 1 amide bonds. The molecule has 1 atom stereocenters. The van der Waals surface area contributed by atoms with Crippen molar-refractivity contribution in [1.29, 1.82) is 0 Å². The minimum absolute atomic E-state index is 0.0813. The maximum atomic E-state index is 11.7. The van der Waals surface area contributed by atoms with Gasteiger partial charge < -0.3 is 15.8 Å². The van der Waals surface area contributed by atoms with Crippen LogP contribution in [0, 0.1) is 5.92 Å². The van der Waals surface area contributed by atoms with Crippen LogP contribution in [-0.2, 0) is 9.53 Å². The molecule has 0 aliphatic carbocycles. The highest BCUT2D eigenvalue weighted by Crippen LogP contribution is 2.13. The molecule has 0 aromatic heterocycles. The van der Waals surface area contributed by atoms with Crippen molar-refractivity contribution in [3.05, 3.63) is 0 Å². The number of carbonyl (C=O) groups excluding carboxylic acids is 1. The first-order valence-corrected chi connectivity index (χ1v) is 6.40. The van der Waals surface area contributed by atoms with Crippen molar-refractivity contribution in [2.24, 2.45) is 11.7 Å². The molecule has 1 fully saturated rings. The monoisotopic (exact) mass is 228 g/mol. The van der Waals surface area contributed by atoms with E-state index < -0.39 is 0 Å². The average molecular weight is 228 g/mol. The van der Waals surface area contributed by atoms with E-state index in [1.165, 1.54) is 6.42 Å². The Morgan fingerprint density at radius 3 is 2.81 bits per heavy atom. The summed E-state index contributed by atoms with van der Waals surface area (Å²) in [6, 6.07) is 0. The van der Waals surface area contributed by atoms with Gasteiger partial charge in [0.2, 0.25) is 5.91 Å². The van der Waals surface area contributed by atoms with E-state index >= 15 is 0 Å². The van der Waals surface area contributed by atoms with E-state index in [2.05, 4.69) is 5.32 Å². The van der Waals surface area contributed by atoms with E-state index in [4.69, 9.17) is 10.5 Å². The van der Waals surface area contributed by atoms with Gasteiger partial charge in [-0.25, -0.2) is 0 Å². The topological polar surface area (TPSA) is 64.3 Å². The second kappa shape index (κ2) is 8.53. The van der Waals surface area contributed by atoms with Crippen LogP contribution in [0.4, 0.5) is 0 Å². The van der Waals surface area contributed by atoms with Crippen molar-refractivity contribution in [3.63, 3.8) is 0 Å². The Labute approximate surface area is 97.9 Å². The molecule has 1 unspecified atom stereocenters. The van der Waals surface area contributed by atoms with Gasteiger partial charge >= 0.3 is 0 Å². The van der Waals surface area contributed by atoms with E-state index in [-0.39, 0.29) is 11.8 Å². The van der Waals surface area contributed by atoms with Crippen molar-refractivity contribution < 1.29 is 9.53 Å². The molecule has 0 bridgehead atoms. The van der Waals surface area contributed by atoms with Crippen molar-refractivity contribution in [3.8, 4) is 0 Å². The summed E-state index contributed by atoms with van der Waals surface area (Å²) in [7, 11) is 0. The van der Waals surface area contributed by atoms with Crippen LogP contribution in [0.25, 0.3) is 0 Å².